The molecule has 0 saturated heterocycles. The van der Waals surface area contributed by atoms with Gasteiger partial charge in [-0.3, -0.25) is 9.36 Å². The smallest absolute Gasteiger partial charge is 0.266 e. The highest BCUT2D eigenvalue weighted by Crippen LogP contribution is 2.12. The molecule has 5 heteroatoms. The summed E-state index contributed by atoms with van der Waals surface area (Å²) >= 11 is 5.54. The quantitative estimate of drug-likeness (QED) is 0.564. The molecule has 0 aliphatic heterocycles. The van der Waals surface area contributed by atoms with Crippen molar-refractivity contribution in [2.45, 2.75) is 33.2 Å². The normalized spacial score (nSPS) is 12.8. The van der Waals surface area contributed by atoms with Crippen LogP contribution in [0.25, 0.3) is 0 Å². The van der Waals surface area contributed by atoms with E-state index in [-0.39, 0.29) is 5.56 Å². The Bertz CT molecular complexity index is 405. The Morgan fingerprint density at radius 2 is 2.31 bits per heavy atom. The topological polar surface area (TPSA) is 34.9 Å². The summed E-state index contributed by atoms with van der Waals surface area (Å²) in [6.07, 6.45) is 3.90. The molecule has 0 aliphatic carbocycles. The van der Waals surface area contributed by atoms with Gasteiger partial charge in [0, 0.05) is 18.1 Å². The van der Waals surface area contributed by atoms with Crippen LogP contribution in [0.4, 0.5) is 0 Å². The minimum absolute atomic E-state index is 0.0788. The molecule has 0 fully saturated rings. The lowest BCUT2D eigenvalue weighted by atomic mass is 10.1. The number of nitrogens with zero attached hydrogens (tertiary/aromatic N) is 2. The average Bonchev–Trinajstić information content (AvgIpc) is 2.28. The van der Waals surface area contributed by atoms with E-state index in [2.05, 4.69) is 27.8 Å². The van der Waals surface area contributed by atoms with Gasteiger partial charge in [-0.1, -0.05) is 29.3 Å². The van der Waals surface area contributed by atoms with Crippen molar-refractivity contribution in [3.63, 3.8) is 0 Å². The lowest BCUT2D eigenvalue weighted by molar-refractivity contribution is 0.436. The summed E-state index contributed by atoms with van der Waals surface area (Å²) in [7, 11) is 0. The Balaban J connectivity index is 2.95. The summed E-state index contributed by atoms with van der Waals surface area (Å²) in [6.45, 7) is 4.81. The zero-order valence-electron chi connectivity index (χ0n) is 9.54. The second kappa shape index (κ2) is 6.74. The summed E-state index contributed by atoms with van der Waals surface area (Å²) < 4.78 is 2.47. The minimum atomic E-state index is 0.0788. The first-order valence-corrected chi connectivity index (χ1v) is 7.58. The number of rotatable bonds is 5. The number of hydrogen-bond acceptors (Lipinski definition) is 2. The highest BCUT2D eigenvalue weighted by molar-refractivity contribution is 14.1. The van der Waals surface area contributed by atoms with Crippen molar-refractivity contribution in [1.29, 1.82) is 0 Å². The average molecular weight is 399 g/mol. The molecule has 0 aliphatic rings. The maximum Gasteiger partial charge on any atom is 0.266 e. The van der Waals surface area contributed by atoms with Crippen molar-refractivity contribution in [1.82, 2.24) is 9.55 Å². The molecule has 90 valence electrons. The van der Waals surface area contributed by atoms with Gasteiger partial charge >= 0.3 is 0 Å². The van der Waals surface area contributed by atoms with Gasteiger partial charge in [0.1, 0.15) is 5.82 Å². The van der Waals surface area contributed by atoms with E-state index in [1.807, 2.05) is 29.5 Å². The van der Waals surface area contributed by atoms with Crippen molar-refractivity contribution < 1.29 is 0 Å². The van der Waals surface area contributed by atoms with Crippen LogP contribution in [0.3, 0.4) is 0 Å². The fourth-order valence-electron chi connectivity index (χ4n) is 1.65. The van der Waals surface area contributed by atoms with Crippen molar-refractivity contribution in [2.24, 2.45) is 5.92 Å². The van der Waals surface area contributed by atoms with Gasteiger partial charge in [-0.2, -0.15) is 0 Å². The van der Waals surface area contributed by atoms with Crippen LogP contribution in [0.1, 0.15) is 25.6 Å². The maximum atomic E-state index is 11.9. The predicted octanol–water partition coefficient (Wildman–Crippen LogP) is 2.97. The molecular weight excluding hydrogens is 383 g/mol. The van der Waals surface area contributed by atoms with Gasteiger partial charge in [-0.25, -0.2) is 4.98 Å². The lowest BCUT2D eigenvalue weighted by Gasteiger charge is -2.16. The van der Waals surface area contributed by atoms with E-state index in [4.69, 9.17) is 0 Å². The second-order valence-electron chi connectivity index (χ2n) is 3.88. The molecule has 16 heavy (non-hydrogen) atoms. The Morgan fingerprint density at radius 1 is 1.62 bits per heavy atom. The van der Waals surface area contributed by atoms with E-state index in [9.17, 15) is 4.79 Å². The van der Waals surface area contributed by atoms with Crippen molar-refractivity contribution in [3.05, 3.63) is 25.9 Å². The van der Waals surface area contributed by atoms with Crippen LogP contribution in [0, 0.1) is 16.4 Å². The standard InChI is InChI=1S/C11H16BrIN2O/c1-3-4-9(5-12)7-15-8(2)14-6-10(13)11(15)16/h6,9H,3-5,7H2,1-2H3. The van der Waals surface area contributed by atoms with E-state index in [0.29, 0.717) is 9.49 Å². The van der Waals surface area contributed by atoms with E-state index in [0.717, 1.165) is 30.5 Å². The number of aromatic nitrogens is 2. The molecule has 0 amide bonds. The van der Waals surface area contributed by atoms with Gasteiger partial charge in [0.25, 0.3) is 5.56 Å². The largest absolute Gasteiger partial charge is 0.296 e. The predicted molar refractivity (Wildman–Crippen MR) is 78.1 cm³/mol. The number of hydrogen-bond donors (Lipinski definition) is 0. The van der Waals surface area contributed by atoms with Gasteiger partial charge in [0.05, 0.1) is 3.57 Å². The third-order valence-corrected chi connectivity index (χ3v) is 4.22. The molecule has 1 atom stereocenters. The van der Waals surface area contributed by atoms with Crippen molar-refractivity contribution in [3.8, 4) is 0 Å². The van der Waals surface area contributed by atoms with E-state index in [1.165, 1.54) is 0 Å². The number of halogens is 2. The second-order valence-corrected chi connectivity index (χ2v) is 5.69. The van der Waals surface area contributed by atoms with Gasteiger partial charge in [-0.15, -0.1) is 0 Å². The molecule has 0 aromatic carbocycles. The summed E-state index contributed by atoms with van der Waals surface area (Å²) in [5, 5.41) is 0.929. The first kappa shape index (κ1) is 14.2. The Morgan fingerprint density at radius 3 is 2.88 bits per heavy atom. The first-order chi connectivity index (χ1) is 7.60. The molecule has 0 N–H and O–H groups in total. The molecule has 0 bridgehead atoms. The van der Waals surface area contributed by atoms with Crippen LogP contribution in [-0.4, -0.2) is 14.9 Å². The maximum absolute atomic E-state index is 11.9. The highest BCUT2D eigenvalue weighted by Gasteiger charge is 2.11. The minimum Gasteiger partial charge on any atom is -0.296 e. The molecule has 1 heterocycles. The molecule has 0 saturated carbocycles. The van der Waals surface area contributed by atoms with E-state index >= 15 is 0 Å². The SMILES string of the molecule is CCCC(CBr)Cn1c(C)ncc(I)c1=O. The molecule has 1 aromatic heterocycles. The third kappa shape index (κ3) is 3.55. The Labute approximate surface area is 118 Å². The van der Waals surface area contributed by atoms with Gasteiger partial charge in [-0.05, 0) is 41.9 Å². The van der Waals surface area contributed by atoms with Crippen LogP contribution in [0.2, 0.25) is 0 Å². The molecule has 0 radical (unpaired) electrons. The molecule has 1 rings (SSSR count). The van der Waals surface area contributed by atoms with Crippen LogP contribution in [0.5, 0.6) is 0 Å². The van der Waals surface area contributed by atoms with Crippen LogP contribution in [0.15, 0.2) is 11.0 Å². The summed E-state index contributed by atoms with van der Waals surface area (Å²) in [6, 6.07) is 0. The van der Waals surface area contributed by atoms with Crippen molar-refractivity contribution >= 4 is 38.5 Å². The summed E-state index contributed by atoms with van der Waals surface area (Å²) in [5.74, 6) is 1.30. The molecular formula is C11H16BrIN2O. The fraction of sp³-hybridized carbons (Fsp3) is 0.636. The monoisotopic (exact) mass is 398 g/mol. The Hall–Kier alpha value is 0.0900. The third-order valence-electron chi connectivity index (χ3n) is 2.56. The van der Waals surface area contributed by atoms with Gasteiger partial charge < -0.3 is 0 Å². The van der Waals surface area contributed by atoms with E-state index < -0.39 is 0 Å². The molecule has 0 spiro atoms. The summed E-state index contributed by atoms with van der Waals surface area (Å²) in [5.41, 5.74) is 0.0788. The highest BCUT2D eigenvalue weighted by atomic mass is 127. The van der Waals surface area contributed by atoms with Crippen molar-refractivity contribution in [2.75, 3.05) is 5.33 Å². The number of aryl methyl sites for hydroxylation is 1. The lowest BCUT2D eigenvalue weighted by Crippen LogP contribution is -2.29. The molecule has 3 nitrogen and oxygen atoms in total. The first-order valence-electron chi connectivity index (χ1n) is 5.38. The molecule has 1 aromatic rings. The fourth-order valence-corrected chi connectivity index (χ4v) is 2.61. The van der Waals surface area contributed by atoms with Gasteiger partial charge in [0.2, 0.25) is 0 Å². The zero-order valence-corrected chi connectivity index (χ0v) is 13.3. The zero-order chi connectivity index (χ0) is 12.1. The van der Waals surface area contributed by atoms with Crippen LogP contribution in [-0.2, 0) is 6.54 Å². The number of alkyl halides is 1. The summed E-state index contributed by atoms with van der Waals surface area (Å²) in [4.78, 5) is 16.2. The van der Waals surface area contributed by atoms with Gasteiger partial charge in [0.15, 0.2) is 0 Å². The van der Waals surface area contributed by atoms with Crippen LogP contribution >= 0.6 is 38.5 Å². The Kier molecular flexibility index (Phi) is 5.96. The van der Waals surface area contributed by atoms with E-state index in [1.54, 1.807) is 10.8 Å². The van der Waals surface area contributed by atoms with Crippen LogP contribution < -0.4 is 5.56 Å². The molecule has 1 unspecified atom stereocenters.